The molecular formula is C13H18IN5. The minimum absolute atomic E-state index is 0.0331. The zero-order valence-corrected chi connectivity index (χ0v) is 14.0. The molecule has 0 bridgehead atoms. The Morgan fingerprint density at radius 1 is 1.26 bits per heavy atom. The lowest BCUT2D eigenvalue weighted by Gasteiger charge is -2.21. The first kappa shape index (κ1) is 14.2. The van der Waals surface area contributed by atoms with Gasteiger partial charge in [0.1, 0.15) is 11.5 Å². The molecule has 2 aromatic heterocycles. The number of anilines is 1. The quantitative estimate of drug-likeness (QED) is 0.825. The van der Waals surface area contributed by atoms with E-state index in [2.05, 4.69) is 58.8 Å². The van der Waals surface area contributed by atoms with Gasteiger partial charge >= 0.3 is 0 Å². The smallest absolute Gasteiger partial charge is 0.182 e. The maximum Gasteiger partial charge on any atom is 0.182 e. The average molecular weight is 371 g/mol. The Hall–Kier alpha value is -1.18. The zero-order valence-electron chi connectivity index (χ0n) is 11.8. The van der Waals surface area contributed by atoms with Crippen molar-refractivity contribution >= 4 is 28.4 Å². The van der Waals surface area contributed by atoms with Gasteiger partial charge in [0.2, 0.25) is 0 Å². The van der Waals surface area contributed by atoms with Crippen LogP contribution in [0.2, 0.25) is 0 Å². The van der Waals surface area contributed by atoms with Gasteiger partial charge in [-0.1, -0.05) is 20.8 Å². The summed E-state index contributed by atoms with van der Waals surface area (Å²) in [7, 11) is 3.76. The second-order valence-corrected chi connectivity index (χ2v) is 6.51. The maximum absolute atomic E-state index is 4.70. The summed E-state index contributed by atoms with van der Waals surface area (Å²) in [5.41, 5.74) is 1.79. The van der Waals surface area contributed by atoms with E-state index in [0.717, 1.165) is 20.8 Å². The summed E-state index contributed by atoms with van der Waals surface area (Å²) >= 11 is 2.29. The van der Waals surface area contributed by atoms with E-state index in [1.165, 1.54) is 0 Å². The number of hydrogen-bond acceptors (Lipinski definition) is 4. The molecule has 1 N–H and O–H groups in total. The molecule has 6 heteroatoms. The highest BCUT2D eigenvalue weighted by Gasteiger charge is 2.23. The van der Waals surface area contributed by atoms with Gasteiger partial charge in [0.25, 0.3) is 0 Å². The average Bonchev–Trinajstić information content (AvgIpc) is 2.74. The topological polar surface area (TPSA) is 55.6 Å². The molecule has 0 aliphatic rings. The molecule has 2 heterocycles. The van der Waals surface area contributed by atoms with Gasteiger partial charge in [0, 0.05) is 25.7 Å². The fourth-order valence-corrected chi connectivity index (χ4v) is 3.08. The van der Waals surface area contributed by atoms with Gasteiger partial charge < -0.3 is 5.32 Å². The first-order valence-corrected chi connectivity index (χ1v) is 7.16. The number of nitrogens with one attached hydrogen (secondary N) is 1. The van der Waals surface area contributed by atoms with Crippen molar-refractivity contribution < 1.29 is 0 Å². The van der Waals surface area contributed by atoms with Crippen LogP contribution in [0.1, 0.15) is 26.5 Å². The van der Waals surface area contributed by atoms with Crippen molar-refractivity contribution in [3.63, 3.8) is 0 Å². The van der Waals surface area contributed by atoms with Gasteiger partial charge in [-0.05, 0) is 28.7 Å². The molecule has 19 heavy (non-hydrogen) atoms. The van der Waals surface area contributed by atoms with E-state index in [0.29, 0.717) is 5.82 Å². The van der Waals surface area contributed by atoms with Crippen LogP contribution in [0.3, 0.4) is 0 Å². The summed E-state index contributed by atoms with van der Waals surface area (Å²) in [4.78, 5) is 9.24. The summed E-state index contributed by atoms with van der Waals surface area (Å²) in [6.45, 7) is 6.46. The molecular weight excluding hydrogens is 353 g/mol. The van der Waals surface area contributed by atoms with Crippen LogP contribution < -0.4 is 5.32 Å². The van der Waals surface area contributed by atoms with Crippen molar-refractivity contribution in [3.8, 4) is 11.5 Å². The molecule has 0 saturated carbocycles. The number of aromatic nitrogens is 4. The molecule has 0 fully saturated rings. The summed E-state index contributed by atoms with van der Waals surface area (Å²) < 4.78 is 2.82. The maximum atomic E-state index is 4.70. The Labute approximate surface area is 127 Å². The molecule has 0 saturated heterocycles. The van der Waals surface area contributed by atoms with Crippen molar-refractivity contribution in [2.75, 3.05) is 12.4 Å². The summed E-state index contributed by atoms with van der Waals surface area (Å²) in [5, 5.41) is 7.50. The normalized spacial score (nSPS) is 11.7. The molecule has 0 aliphatic heterocycles. The molecule has 2 aromatic rings. The first-order chi connectivity index (χ1) is 8.82. The van der Waals surface area contributed by atoms with E-state index in [9.17, 15) is 0 Å². The van der Waals surface area contributed by atoms with E-state index in [-0.39, 0.29) is 5.41 Å². The number of rotatable bonds is 2. The van der Waals surface area contributed by atoms with E-state index < -0.39 is 0 Å². The van der Waals surface area contributed by atoms with Crippen LogP contribution in [-0.4, -0.2) is 26.8 Å². The highest BCUT2D eigenvalue weighted by Crippen LogP contribution is 2.30. The summed E-state index contributed by atoms with van der Waals surface area (Å²) in [5.74, 6) is 1.51. The standard InChI is InChI=1S/C13H18IN5/c1-13(2,3)10-9(14)12(15-4)17-11(16-10)8-6-7-19(5)18-8/h6-7H,1-5H3,(H,15,16,17). The third kappa shape index (κ3) is 2.88. The van der Waals surface area contributed by atoms with Crippen molar-refractivity contribution in [3.05, 3.63) is 21.5 Å². The molecule has 2 rings (SSSR count). The van der Waals surface area contributed by atoms with Crippen LogP contribution in [-0.2, 0) is 12.5 Å². The highest BCUT2D eigenvalue weighted by molar-refractivity contribution is 14.1. The van der Waals surface area contributed by atoms with Crippen LogP contribution >= 0.6 is 22.6 Å². The molecule has 0 spiro atoms. The fraction of sp³-hybridized carbons (Fsp3) is 0.462. The van der Waals surface area contributed by atoms with Gasteiger partial charge in [-0.2, -0.15) is 5.10 Å². The lowest BCUT2D eigenvalue weighted by atomic mass is 9.92. The van der Waals surface area contributed by atoms with Crippen LogP contribution in [0.4, 0.5) is 5.82 Å². The second-order valence-electron chi connectivity index (χ2n) is 5.43. The third-order valence-electron chi connectivity index (χ3n) is 2.74. The van der Waals surface area contributed by atoms with Gasteiger partial charge in [0.15, 0.2) is 5.82 Å². The number of aryl methyl sites for hydroxylation is 1. The first-order valence-electron chi connectivity index (χ1n) is 6.08. The Morgan fingerprint density at radius 3 is 2.42 bits per heavy atom. The predicted octanol–water partition coefficient (Wildman–Crippen LogP) is 2.82. The molecule has 0 atom stereocenters. The zero-order chi connectivity index (χ0) is 14.2. The molecule has 0 unspecified atom stereocenters. The summed E-state index contributed by atoms with van der Waals surface area (Å²) in [6, 6.07) is 1.92. The van der Waals surface area contributed by atoms with Crippen LogP contribution in [0.15, 0.2) is 12.3 Å². The minimum atomic E-state index is -0.0331. The van der Waals surface area contributed by atoms with Crippen LogP contribution in [0, 0.1) is 3.57 Å². The number of hydrogen-bond donors (Lipinski definition) is 1. The van der Waals surface area contributed by atoms with Gasteiger partial charge in [0.05, 0.1) is 9.26 Å². The van der Waals surface area contributed by atoms with Crippen molar-refractivity contribution in [1.82, 2.24) is 19.7 Å². The lowest BCUT2D eigenvalue weighted by Crippen LogP contribution is -2.18. The molecule has 5 nitrogen and oxygen atoms in total. The van der Waals surface area contributed by atoms with E-state index >= 15 is 0 Å². The third-order valence-corrected chi connectivity index (χ3v) is 3.76. The Morgan fingerprint density at radius 2 is 1.95 bits per heavy atom. The van der Waals surface area contributed by atoms with Gasteiger partial charge in [-0.3, -0.25) is 4.68 Å². The summed E-state index contributed by atoms with van der Waals surface area (Å²) in [6.07, 6.45) is 1.90. The highest BCUT2D eigenvalue weighted by atomic mass is 127. The van der Waals surface area contributed by atoms with Crippen LogP contribution in [0.25, 0.3) is 11.5 Å². The van der Waals surface area contributed by atoms with E-state index in [1.54, 1.807) is 4.68 Å². The second kappa shape index (κ2) is 5.07. The predicted molar refractivity (Wildman–Crippen MR) is 85.2 cm³/mol. The molecule has 102 valence electrons. The number of nitrogens with zero attached hydrogens (tertiary/aromatic N) is 4. The largest absolute Gasteiger partial charge is 0.372 e. The van der Waals surface area contributed by atoms with Crippen molar-refractivity contribution in [1.29, 1.82) is 0 Å². The van der Waals surface area contributed by atoms with Crippen molar-refractivity contribution in [2.45, 2.75) is 26.2 Å². The molecule has 0 aromatic carbocycles. The monoisotopic (exact) mass is 371 g/mol. The van der Waals surface area contributed by atoms with Gasteiger partial charge in [-0.15, -0.1) is 0 Å². The molecule has 0 aliphatic carbocycles. The van der Waals surface area contributed by atoms with Crippen LogP contribution in [0.5, 0.6) is 0 Å². The Balaban J connectivity index is 2.64. The van der Waals surface area contributed by atoms with E-state index in [4.69, 9.17) is 4.98 Å². The number of halogens is 1. The molecule has 0 amide bonds. The molecule has 0 radical (unpaired) electrons. The van der Waals surface area contributed by atoms with Crippen molar-refractivity contribution in [2.24, 2.45) is 7.05 Å². The van der Waals surface area contributed by atoms with E-state index in [1.807, 2.05) is 26.4 Å². The fourth-order valence-electron chi connectivity index (χ4n) is 1.76. The SMILES string of the molecule is CNc1nc(-c2ccn(C)n2)nc(C(C)(C)C)c1I. The Kier molecular flexibility index (Phi) is 3.80. The minimum Gasteiger partial charge on any atom is -0.372 e. The Bertz CT molecular complexity index is 598. The lowest BCUT2D eigenvalue weighted by molar-refractivity contribution is 0.564. The van der Waals surface area contributed by atoms with Gasteiger partial charge in [-0.25, -0.2) is 9.97 Å².